The SMILES string of the molecule is NCC(=O)c1ccc(NC(=S)NC(NC(=O)CCl)C(Cl)(Cl)Cl)cc1. The molecule has 0 heterocycles. The fraction of sp³-hybridized carbons (Fsp3) is 0.308. The highest BCUT2D eigenvalue weighted by molar-refractivity contribution is 7.80. The van der Waals surface area contributed by atoms with Gasteiger partial charge in [-0.3, -0.25) is 9.59 Å². The third-order valence-corrected chi connectivity index (χ3v) is 3.80. The Morgan fingerprint density at radius 1 is 1.17 bits per heavy atom. The van der Waals surface area contributed by atoms with Crippen molar-refractivity contribution < 1.29 is 9.59 Å². The first-order valence-electron chi connectivity index (χ1n) is 6.50. The van der Waals surface area contributed by atoms with Crippen LogP contribution in [-0.4, -0.2) is 39.2 Å². The number of carbonyl (C=O) groups is 2. The fourth-order valence-corrected chi connectivity index (χ4v) is 2.20. The molecule has 0 aliphatic heterocycles. The van der Waals surface area contributed by atoms with E-state index in [0.29, 0.717) is 11.3 Å². The molecule has 1 aromatic rings. The van der Waals surface area contributed by atoms with Crippen LogP contribution in [0, 0.1) is 0 Å². The highest BCUT2D eigenvalue weighted by Gasteiger charge is 2.34. The normalized spacial score (nSPS) is 12.2. The summed E-state index contributed by atoms with van der Waals surface area (Å²) in [5.41, 5.74) is 6.36. The summed E-state index contributed by atoms with van der Waals surface area (Å²) in [5.74, 6) is -1.01. The van der Waals surface area contributed by atoms with Crippen LogP contribution in [0.4, 0.5) is 5.69 Å². The second kappa shape index (κ2) is 9.60. The van der Waals surface area contributed by atoms with Crippen LogP contribution in [0.3, 0.4) is 0 Å². The van der Waals surface area contributed by atoms with Crippen molar-refractivity contribution >= 4 is 81.1 Å². The molecule has 6 nitrogen and oxygen atoms in total. The van der Waals surface area contributed by atoms with E-state index in [0.717, 1.165) is 0 Å². The summed E-state index contributed by atoms with van der Waals surface area (Å²) in [6, 6.07) is 6.47. The van der Waals surface area contributed by atoms with Crippen molar-refractivity contribution in [2.45, 2.75) is 9.96 Å². The maximum absolute atomic E-state index is 11.5. The van der Waals surface area contributed by atoms with Gasteiger partial charge in [-0.25, -0.2) is 0 Å². The van der Waals surface area contributed by atoms with E-state index in [-0.39, 0.29) is 23.3 Å². The van der Waals surface area contributed by atoms with Gasteiger partial charge in [0.15, 0.2) is 10.9 Å². The van der Waals surface area contributed by atoms with Crippen molar-refractivity contribution in [3.05, 3.63) is 29.8 Å². The molecule has 0 fully saturated rings. The Bertz CT molecular complexity index is 607. The second-order valence-electron chi connectivity index (χ2n) is 4.48. The molecule has 1 aromatic carbocycles. The number of carbonyl (C=O) groups excluding carboxylic acids is 2. The Hall–Kier alpha value is -0.830. The van der Waals surface area contributed by atoms with Crippen LogP contribution in [0.25, 0.3) is 0 Å². The molecule has 0 aromatic heterocycles. The Morgan fingerprint density at radius 2 is 1.75 bits per heavy atom. The van der Waals surface area contributed by atoms with Gasteiger partial charge in [-0.15, -0.1) is 11.6 Å². The summed E-state index contributed by atoms with van der Waals surface area (Å²) in [4.78, 5) is 22.8. The maximum atomic E-state index is 11.5. The zero-order valence-corrected chi connectivity index (χ0v) is 16.0. The minimum Gasteiger partial charge on any atom is -0.339 e. The number of ketones is 1. The zero-order chi connectivity index (χ0) is 18.3. The van der Waals surface area contributed by atoms with Crippen molar-refractivity contribution in [3.63, 3.8) is 0 Å². The van der Waals surface area contributed by atoms with Gasteiger partial charge in [0.25, 0.3) is 0 Å². The molecule has 0 spiro atoms. The van der Waals surface area contributed by atoms with Gasteiger partial charge in [0.05, 0.1) is 6.54 Å². The lowest BCUT2D eigenvalue weighted by molar-refractivity contribution is -0.119. The van der Waals surface area contributed by atoms with Crippen molar-refractivity contribution in [1.82, 2.24) is 10.6 Å². The molecule has 132 valence electrons. The largest absolute Gasteiger partial charge is 0.339 e. The predicted molar refractivity (Wildman–Crippen MR) is 102 cm³/mol. The molecule has 5 N–H and O–H groups in total. The second-order valence-corrected chi connectivity index (χ2v) is 7.52. The van der Waals surface area contributed by atoms with Gasteiger partial charge >= 0.3 is 0 Å². The van der Waals surface area contributed by atoms with Gasteiger partial charge in [0, 0.05) is 11.3 Å². The van der Waals surface area contributed by atoms with Crippen LogP contribution in [0.2, 0.25) is 0 Å². The van der Waals surface area contributed by atoms with Gasteiger partial charge in [-0.2, -0.15) is 0 Å². The number of amides is 1. The number of anilines is 1. The number of rotatable bonds is 6. The van der Waals surface area contributed by atoms with Crippen molar-refractivity contribution in [3.8, 4) is 0 Å². The third kappa shape index (κ3) is 6.96. The Kier molecular flexibility index (Phi) is 8.49. The van der Waals surface area contributed by atoms with Crippen LogP contribution in [-0.2, 0) is 4.79 Å². The fourth-order valence-electron chi connectivity index (χ4n) is 1.55. The molecular weight excluding hydrogens is 418 g/mol. The van der Waals surface area contributed by atoms with E-state index >= 15 is 0 Å². The van der Waals surface area contributed by atoms with E-state index in [4.69, 9.17) is 64.4 Å². The first-order chi connectivity index (χ1) is 11.2. The van der Waals surface area contributed by atoms with E-state index < -0.39 is 15.9 Å². The van der Waals surface area contributed by atoms with E-state index in [1.54, 1.807) is 24.3 Å². The van der Waals surface area contributed by atoms with Crippen molar-refractivity contribution in [2.75, 3.05) is 17.7 Å². The van der Waals surface area contributed by atoms with E-state index in [1.165, 1.54) is 0 Å². The quantitative estimate of drug-likeness (QED) is 0.238. The van der Waals surface area contributed by atoms with E-state index in [2.05, 4.69) is 16.0 Å². The molecule has 0 saturated heterocycles. The first-order valence-corrected chi connectivity index (χ1v) is 8.58. The van der Waals surface area contributed by atoms with Crippen LogP contribution in [0.1, 0.15) is 10.4 Å². The van der Waals surface area contributed by atoms with Gasteiger partial charge in [-0.1, -0.05) is 34.8 Å². The van der Waals surface area contributed by atoms with Gasteiger partial charge in [0.2, 0.25) is 9.70 Å². The molecule has 1 rings (SSSR count). The summed E-state index contributed by atoms with van der Waals surface area (Å²) >= 11 is 27.9. The summed E-state index contributed by atoms with van der Waals surface area (Å²) in [7, 11) is 0. The lowest BCUT2D eigenvalue weighted by atomic mass is 10.1. The number of halogens is 4. The first kappa shape index (κ1) is 21.2. The molecule has 1 amide bonds. The highest BCUT2D eigenvalue weighted by atomic mass is 35.6. The molecular formula is C13H14Cl4N4O2S. The molecule has 24 heavy (non-hydrogen) atoms. The smallest absolute Gasteiger partial charge is 0.236 e. The van der Waals surface area contributed by atoms with Crippen LogP contribution in [0.5, 0.6) is 0 Å². The Morgan fingerprint density at radius 3 is 2.21 bits per heavy atom. The molecule has 0 radical (unpaired) electrons. The molecule has 0 saturated carbocycles. The average Bonchev–Trinajstić information content (AvgIpc) is 2.53. The van der Waals surface area contributed by atoms with Crippen molar-refractivity contribution in [1.29, 1.82) is 0 Å². The monoisotopic (exact) mass is 430 g/mol. The van der Waals surface area contributed by atoms with Gasteiger partial charge in [0.1, 0.15) is 12.0 Å². The molecule has 0 aliphatic carbocycles. The number of nitrogens with two attached hydrogens (primary N) is 1. The molecule has 0 bridgehead atoms. The summed E-state index contributed by atoms with van der Waals surface area (Å²) in [6.07, 6.45) is -1.09. The summed E-state index contributed by atoms with van der Waals surface area (Å²) in [5, 5.41) is 7.99. The van der Waals surface area contributed by atoms with Crippen molar-refractivity contribution in [2.24, 2.45) is 5.73 Å². The number of hydrogen-bond donors (Lipinski definition) is 4. The summed E-state index contributed by atoms with van der Waals surface area (Å²) < 4.78 is -1.86. The maximum Gasteiger partial charge on any atom is 0.236 e. The predicted octanol–water partition coefficient (Wildman–Crippen LogP) is 2.17. The highest BCUT2D eigenvalue weighted by Crippen LogP contribution is 2.29. The minimum atomic E-state index is -1.86. The molecule has 1 unspecified atom stereocenters. The van der Waals surface area contributed by atoms with Crippen LogP contribution < -0.4 is 21.7 Å². The minimum absolute atomic E-state index is 0.0715. The lowest BCUT2D eigenvalue weighted by Crippen LogP contribution is -2.56. The van der Waals surface area contributed by atoms with Gasteiger partial charge in [-0.05, 0) is 36.5 Å². The molecule has 11 heteroatoms. The van der Waals surface area contributed by atoms with Gasteiger partial charge < -0.3 is 21.7 Å². The number of Topliss-reactive ketones (excluding diaryl/α,β-unsaturated/α-hetero) is 1. The zero-order valence-electron chi connectivity index (χ0n) is 12.1. The topological polar surface area (TPSA) is 96.2 Å². The van der Waals surface area contributed by atoms with E-state index in [1.807, 2.05) is 0 Å². The third-order valence-electron chi connectivity index (χ3n) is 2.68. The number of alkyl halides is 4. The summed E-state index contributed by atoms with van der Waals surface area (Å²) in [6.45, 7) is -0.0715. The van der Waals surface area contributed by atoms with Crippen LogP contribution in [0.15, 0.2) is 24.3 Å². The van der Waals surface area contributed by atoms with Crippen LogP contribution >= 0.6 is 58.6 Å². The number of hydrogen-bond acceptors (Lipinski definition) is 4. The molecule has 0 aliphatic rings. The Balaban J connectivity index is 2.71. The van der Waals surface area contributed by atoms with E-state index in [9.17, 15) is 9.59 Å². The lowest BCUT2D eigenvalue weighted by Gasteiger charge is -2.27. The standard InChI is InChI=1S/C13H14Cl4N4O2S/c14-5-10(23)20-11(13(15,16)17)21-12(24)19-8-3-1-7(2-4-8)9(22)6-18/h1-4,11H,5-6,18H2,(H,20,23)(H2,19,21,24). The Labute approximate surface area is 164 Å². The number of thiocarbonyl (C=S) groups is 1. The number of benzene rings is 1. The molecule has 1 atom stereocenters. The average molecular weight is 432 g/mol. The number of nitrogens with one attached hydrogen (secondary N) is 3.